The third kappa shape index (κ3) is 3.74. The Morgan fingerprint density at radius 3 is 2.71 bits per heavy atom. The number of anilines is 1. The van der Waals surface area contributed by atoms with Crippen molar-refractivity contribution in [1.82, 2.24) is 4.90 Å². The quantitative estimate of drug-likeness (QED) is 0.779. The zero-order valence-corrected chi connectivity index (χ0v) is 14.5. The number of likely N-dealkylation sites (N-methyl/N-ethyl adjacent to an activating group) is 1. The Bertz CT molecular complexity index is 678. The second-order valence-electron chi connectivity index (χ2n) is 5.11. The van der Waals surface area contributed by atoms with Crippen molar-refractivity contribution in [2.45, 2.75) is 11.8 Å². The van der Waals surface area contributed by atoms with Gasteiger partial charge in [0.05, 0.1) is 13.2 Å². The third-order valence-electron chi connectivity index (χ3n) is 3.49. The fraction of sp³-hybridized carbons (Fsp3) is 0.357. The highest BCUT2D eigenvalue weighted by molar-refractivity contribution is 6.55. The Hall–Kier alpha value is -1.15. The molecule has 0 fully saturated rings. The molecule has 4 nitrogen and oxygen atoms in total. The molecule has 0 bridgehead atoms. The minimum absolute atomic E-state index is 0.0352. The Morgan fingerprint density at radius 2 is 2.12 bits per heavy atom. The van der Waals surface area contributed by atoms with E-state index in [2.05, 4.69) is 5.32 Å². The van der Waals surface area contributed by atoms with Gasteiger partial charge in [-0.1, -0.05) is 34.8 Å². The van der Waals surface area contributed by atoms with Crippen molar-refractivity contribution in [3.63, 3.8) is 0 Å². The zero-order chi connectivity index (χ0) is 18.1. The second kappa shape index (κ2) is 7.00. The summed E-state index contributed by atoms with van der Waals surface area (Å²) in [5.41, 5.74) is -3.12. The van der Waals surface area contributed by atoms with Crippen molar-refractivity contribution in [3.05, 3.63) is 39.4 Å². The molecule has 0 saturated carbocycles. The van der Waals surface area contributed by atoms with Gasteiger partial charge in [0.25, 0.3) is 0 Å². The van der Waals surface area contributed by atoms with Gasteiger partial charge in [-0.2, -0.15) is 13.2 Å². The van der Waals surface area contributed by atoms with Crippen LogP contribution in [0.4, 0.5) is 23.7 Å². The minimum Gasteiger partial charge on any atom is -0.355 e. The molecule has 1 aromatic rings. The van der Waals surface area contributed by atoms with E-state index in [0.717, 1.165) is 17.0 Å². The van der Waals surface area contributed by atoms with Crippen molar-refractivity contribution in [2.75, 3.05) is 25.5 Å². The highest BCUT2D eigenvalue weighted by atomic mass is 35.5. The van der Waals surface area contributed by atoms with E-state index in [1.165, 1.54) is 19.2 Å². The average molecular weight is 404 g/mol. The number of nitrogens with zero attached hydrogens (tertiary/aromatic N) is 1. The molecule has 1 N–H and O–H groups in total. The van der Waals surface area contributed by atoms with Crippen LogP contribution in [0.5, 0.6) is 0 Å². The molecule has 24 heavy (non-hydrogen) atoms. The molecule has 1 aliphatic heterocycles. The molecule has 2 rings (SSSR count). The molecule has 0 spiro atoms. The van der Waals surface area contributed by atoms with Gasteiger partial charge in [0, 0.05) is 23.3 Å². The van der Waals surface area contributed by atoms with E-state index >= 15 is 0 Å². The average Bonchev–Trinajstić information content (AvgIpc) is 2.55. The van der Waals surface area contributed by atoms with Crippen molar-refractivity contribution in [3.8, 4) is 0 Å². The van der Waals surface area contributed by atoms with E-state index in [1.807, 2.05) is 0 Å². The molecule has 1 aliphatic rings. The monoisotopic (exact) mass is 402 g/mol. The van der Waals surface area contributed by atoms with Gasteiger partial charge in [-0.25, -0.2) is 4.79 Å². The maximum atomic E-state index is 14.0. The predicted octanol–water partition coefficient (Wildman–Crippen LogP) is 4.91. The Balaban J connectivity index is 2.64. The predicted molar refractivity (Wildman–Crippen MR) is 86.6 cm³/mol. The van der Waals surface area contributed by atoms with Crippen molar-refractivity contribution in [1.29, 1.82) is 0 Å². The fourth-order valence-electron chi connectivity index (χ4n) is 2.36. The lowest BCUT2D eigenvalue weighted by molar-refractivity contribution is -0.283. The molecule has 0 radical (unpaired) electrons. The van der Waals surface area contributed by atoms with Crippen LogP contribution in [-0.2, 0) is 10.3 Å². The summed E-state index contributed by atoms with van der Waals surface area (Å²) in [5.74, 6) is 0. The number of alkyl halides is 3. The number of hydrogen-bond donors (Lipinski definition) is 1. The van der Waals surface area contributed by atoms with Crippen LogP contribution in [0, 0.1) is 0 Å². The lowest BCUT2D eigenvalue weighted by Gasteiger charge is -2.37. The number of halogens is 6. The molecule has 0 aliphatic carbocycles. The number of urea groups is 1. The highest BCUT2D eigenvalue weighted by Crippen LogP contribution is 2.47. The Morgan fingerprint density at radius 1 is 1.46 bits per heavy atom. The van der Waals surface area contributed by atoms with Gasteiger partial charge in [-0.05, 0) is 24.3 Å². The molecule has 0 saturated heterocycles. The Labute approximate surface area is 151 Å². The molecule has 1 unspecified atom stereocenters. The number of carbonyl (C=O) groups excluding carboxylic acids is 1. The molecule has 1 aromatic carbocycles. The van der Waals surface area contributed by atoms with Crippen LogP contribution in [0.25, 0.3) is 0 Å². The molecule has 1 atom stereocenters. The summed E-state index contributed by atoms with van der Waals surface area (Å²) < 4.78 is 46.9. The van der Waals surface area contributed by atoms with Crippen LogP contribution in [0.3, 0.4) is 0 Å². The van der Waals surface area contributed by atoms with Gasteiger partial charge in [-0.3, -0.25) is 0 Å². The van der Waals surface area contributed by atoms with Gasteiger partial charge >= 0.3 is 12.2 Å². The summed E-state index contributed by atoms with van der Waals surface area (Å²) in [6.07, 6.45) is -3.75. The van der Waals surface area contributed by atoms with E-state index in [1.54, 1.807) is 0 Å². The smallest absolute Gasteiger partial charge is 0.355 e. The number of rotatable bonds is 3. The maximum absolute atomic E-state index is 14.0. The van der Waals surface area contributed by atoms with Crippen LogP contribution in [0.2, 0.25) is 5.02 Å². The largest absolute Gasteiger partial charge is 0.423 e. The van der Waals surface area contributed by atoms with Crippen LogP contribution in [0.1, 0.15) is 5.56 Å². The fourth-order valence-corrected chi connectivity index (χ4v) is 2.65. The number of amides is 2. The summed E-state index contributed by atoms with van der Waals surface area (Å²) in [5, 5.41) is 2.49. The molecule has 132 valence electrons. The molecule has 10 heteroatoms. The first-order valence-electron chi connectivity index (χ1n) is 6.61. The summed E-state index contributed by atoms with van der Waals surface area (Å²) in [6.45, 7) is -1.26. The van der Waals surface area contributed by atoms with E-state index < -0.39 is 31.0 Å². The highest BCUT2D eigenvalue weighted by Gasteiger charge is 2.60. The van der Waals surface area contributed by atoms with Crippen LogP contribution >= 0.6 is 34.8 Å². The Kier molecular flexibility index (Phi) is 5.59. The van der Waals surface area contributed by atoms with E-state index in [0.29, 0.717) is 0 Å². The van der Waals surface area contributed by atoms with Crippen LogP contribution in [0.15, 0.2) is 28.8 Å². The van der Waals surface area contributed by atoms with Crippen molar-refractivity contribution >= 4 is 46.5 Å². The summed E-state index contributed by atoms with van der Waals surface area (Å²) in [6, 6.07) is 3.10. The molecule has 0 aromatic heterocycles. The normalized spacial score (nSPS) is 21.0. The van der Waals surface area contributed by atoms with Crippen LogP contribution < -0.4 is 5.32 Å². The minimum atomic E-state index is -4.83. The number of fused-ring (bicyclic) bond motifs is 1. The first-order valence-corrected chi connectivity index (χ1v) is 7.74. The van der Waals surface area contributed by atoms with E-state index in [9.17, 15) is 18.0 Å². The topological polar surface area (TPSA) is 41.6 Å². The maximum Gasteiger partial charge on any atom is 0.423 e. The van der Waals surface area contributed by atoms with Gasteiger partial charge in [0.2, 0.25) is 5.60 Å². The lowest BCUT2D eigenvalue weighted by atomic mass is 9.91. The van der Waals surface area contributed by atoms with Gasteiger partial charge in [0.1, 0.15) is 4.49 Å². The van der Waals surface area contributed by atoms with Crippen molar-refractivity contribution in [2.24, 2.45) is 0 Å². The van der Waals surface area contributed by atoms with Crippen molar-refractivity contribution < 1.29 is 22.7 Å². The second-order valence-corrected chi connectivity index (χ2v) is 6.55. The van der Waals surface area contributed by atoms with E-state index in [-0.39, 0.29) is 20.8 Å². The number of nitrogens with one attached hydrogen (secondary N) is 1. The molecule has 1 heterocycles. The molecular formula is C14H12Cl3F3N2O2. The van der Waals surface area contributed by atoms with E-state index in [4.69, 9.17) is 39.5 Å². The SMILES string of the molecule is CN1CC(OCC=C(Cl)Cl)(C(F)(F)F)c2cc(Cl)ccc2NC1=O. The number of hydrogen-bond acceptors (Lipinski definition) is 2. The van der Waals surface area contributed by atoms with Gasteiger partial charge in [0.15, 0.2) is 0 Å². The number of ether oxygens (including phenoxy) is 1. The lowest BCUT2D eigenvalue weighted by Crippen LogP contribution is -2.52. The van der Waals surface area contributed by atoms with Gasteiger partial charge < -0.3 is 15.0 Å². The zero-order valence-electron chi connectivity index (χ0n) is 12.3. The molecular weight excluding hydrogens is 392 g/mol. The molecule has 2 amide bonds. The summed E-state index contributed by atoms with van der Waals surface area (Å²) in [4.78, 5) is 12.8. The summed E-state index contributed by atoms with van der Waals surface area (Å²) in [7, 11) is 1.23. The third-order valence-corrected chi connectivity index (χ3v) is 4.03. The standard InChI is InChI=1S/C14H12Cl3F3N2O2/c1-22-7-13(14(18,19)20,24-5-4-11(16)17)9-6-8(15)2-3-10(9)21-12(22)23/h2-4,6H,5,7H2,1H3,(H,21,23). The van der Waals surface area contributed by atoms with Crippen LogP contribution in [-0.4, -0.2) is 37.3 Å². The number of benzene rings is 1. The van der Waals surface area contributed by atoms with Gasteiger partial charge in [-0.15, -0.1) is 0 Å². The first kappa shape index (κ1) is 19.2. The summed E-state index contributed by atoms with van der Waals surface area (Å²) >= 11 is 16.7. The number of carbonyl (C=O) groups is 1. The first-order chi connectivity index (χ1) is 11.1.